The lowest BCUT2D eigenvalue weighted by Gasteiger charge is -2.29. The minimum atomic E-state index is -0.708. The van der Waals surface area contributed by atoms with Crippen molar-refractivity contribution in [3.05, 3.63) is 23.3 Å². The van der Waals surface area contributed by atoms with Crippen molar-refractivity contribution < 1.29 is 19.4 Å². The summed E-state index contributed by atoms with van der Waals surface area (Å²) in [4.78, 5) is 13.3. The van der Waals surface area contributed by atoms with E-state index >= 15 is 0 Å². The zero-order valence-corrected chi connectivity index (χ0v) is 13.0. The van der Waals surface area contributed by atoms with Gasteiger partial charge in [-0.05, 0) is 29.7 Å². The Hall–Kier alpha value is -1.46. The van der Waals surface area contributed by atoms with Gasteiger partial charge in [0.05, 0.1) is 13.0 Å². The highest BCUT2D eigenvalue weighted by Crippen LogP contribution is 2.33. The predicted molar refractivity (Wildman–Crippen MR) is 80.0 cm³/mol. The molecule has 21 heavy (non-hydrogen) atoms. The highest BCUT2D eigenvalue weighted by Gasteiger charge is 2.21. The normalized spacial score (nSPS) is 15.3. The molecule has 1 atom stereocenters. The molecular weight excluding hydrogens is 294 g/mol. The van der Waals surface area contributed by atoms with E-state index in [1.165, 1.54) is 0 Å². The molecule has 0 fully saturated rings. The van der Waals surface area contributed by atoms with Gasteiger partial charge in [-0.3, -0.25) is 4.79 Å². The van der Waals surface area contributed by atoms with Crippen LogP contribution in [0.15, 0.2) is 12.1 Å². The number of carbonyl (C=O) groups excluding carboxylic acids is 1. The number of alkyl halides is 1. The fourth-order valence-electron chi connectivity index (χ4n) is 2.34. The number of aliphatic hydroxyl groups is 1. The molecular formula is C15H20ClNO4. The van der Waals surface area contributed by atoms with Gasteiger partial charge in [0.15, 0.2) is 11.5 Å². The summed E-state index contributed by atoms with van der Waals surface area (Å²) < 4.78 is 10.9. The van der Waals surface area contributed by atoms with Crippen LogP contribution in [0.3, 0.4) is 0 Å². The molecule has 2 rings (SSSR count). The van der Waals surface area contributed by atoms with E-state index in [-0.39, 0.29) is 18.4 Å². The van der Waals surface area contributed by atoms with Crippen molar-refractivity contribution in [3.8, 4) is 11.5 Å². The highest BCUT2D eigenvalue weighted by molar-refractivity contribution is 6.18. The van der Waals surface area contributed by atoms with Crippen molar-refractivity contribution in [2.45, 2.75) is 26.0 Å². The molecule has 0 saturated heterocycles. The molecule has 1 unspecified atom stereocenters. The number of hydrogen-bond donors (Lipinski definition) is 1. The minimum Gasteiger partial charge on any atom is -0.493 e. The Morgan fingerprint density at radius 3 is 2.76 bits per heavy atom. The number of hydrogen-bond acceptors (Lipinski definition) is 4. The third kappa shape index (κ3) is 3.80. The number of nitrogens with zero attached hydrogens (tertiary/aromatic N) is 1. The summed E-state index contributed by atoms with van der Waals surface area (Å²) in [6.07, 6.45) is 0.0773. The maximum atomic E-state index is 11.5. The first-order valence-corrected chi connectivity index (χ1v) is 7.40. The maximum absolute atomic E-state index is 11.5. The molecule has 0 radical (unpaired) electrons. The number of amides is 1. The number of methoxy groups -OCH3 is 1. The first-order chi connectivity index (χ1) is 10.0. The minimum absolute atomic E-state index is 0.0742. The fourth-order valence-corrected chi connectivity index (χ4v) is 2.42. The molecule has 0 spiro atoms. The van der Waals surface area contributed by atoms with Crippen molar-refractivity contribution in [1.82, 2.24) is 4.90 Å². The van der Waals surface area contributed by atoms with Crippen molar-refractivity contribution in [1.29, 1.82) is 0 Å². The number of carbonyl (C=O) groups is 1. The van der Waals surface area contributed by atoms with Gasteiger partial charge in [-0.1, -0.05) is 0 Å². The molecule has 1 N–H and O–H groups in total. The molecule has 0 aliphatic carbocycles. The summed E-state index contributed by atoms with van der Waals surface area (Å²) in [6, 6.07) is 3.82. The molecule has 1 aromatic carbocycles. The Morgan fingerprint density at radius 2 is 2.14 bits per heavy atom. The third-order valence-electron chi connectivity index (χ3n) is 3.55. The molecule has 1 amide bonds. The van der Waals surface area contributed by atoms with E-state index in [4.69, 9.17) is 21.1 Å². The number of rotatable bonds is 5. The van der Waals surface area contributed by atoms with Crippen molar-refractivity contribution in [3.63, 3.8) is 0 Å². The monoisotopic (exact) mass is 313 g/mol. The van der Waals surface area contributed by atoms with Crippen molar-refractivity contribution in [2.75, 3.05) is 26.1 Å². The Kier molecular flexibility index (Phi) is 5.31. The lowest BCUT2D eigenvalue weighted by Crippen LogP contribution is -2.34. The maximum Gasteiger partial charge on any atom is 0.219 e. The molecule has 1 heterocycles. The lowest BCUT2D eigenvalue weighted by atomic mass is 9.99. The zero-order chi connectivity index (χ0) is 15.4. The van der Waals surface area contributed by atoms with Gasteiger partial charge < -0.3 is 19.5 Å². The van der Waals surface area contributed by atoms with E-state index in [1.54, 1.807) is 18.9 Å². The largest absolute Gasteiger partial charge is 0.493 e. The van der Waals surface area contributed by atoms with E-state index < -0.39 is 6.10 Å². The van der Waals surface area contributed by atoms with Crippen LogP contribution in [0.1, 0.15) is 18.1 Å². The van der Waals surface area contributed by atoms with Gasteiger partial charge in [-0.15, -0.1) is 11.6 Å². The van der Waals surface area contributed by atoms with Crippen LogP contribution in [0.5, 0.6) is 11.5 Å². The molecule has 5 nitrogen and oxygen atoms in total. The number of fused-ring (bicyclic) bond motifs is 1. The molecule has 1 aromatic rings. The molecule has 0 bridgehead atoms. The SMILES string of the molecule is COc1cc2c(cc1OCC(O)CCl)CCN(C(C)=O)C2. The van der Waals surface area contributed by atoms with Gasteiger partial charge in [-0.2, -0.15) is 0 Å². The van der Waals surface area contributed by atoms with Crippen molar-refractivity contribution in [2.24, 2.45) is 0 Å². The smallest absolute Gasteiger partial charge is 0.219 e. The highest BCUT2D eigenvalue weighted by atomic mass is 35.5. The second kappa shape index (κ2) is 7.00. The van der Waals surface area contributed by atoms with E-state index in [9.17, 15) is 9.90 Å². The van der Waals surface area contributed by atoms with Crippen LogP contribution in [0, 0.1) is 0 Å². The van der Waals surface area contributed by atoms with Crippen LogP contribution in [0.2, 0.25) is 0 Å². The van der Waals surface area contributed by atoms with Crippen LogP contribution in [-0.2, 0) is 17.8 Å². The third-order valence-corrected chi connectivity index (χ3v) is 3.91. The number of ether oxygens (including phenoxy) is 2. The summed E-state index contributed by atoms with van der Waals surface area (Å²) >= 11 is 5.55. The van der Waals surface area contributed by atoms with Crippen LogP contribution in [0.4, 0.5) is 0 Å². The quantitative estimate of drug-likeness (QED) is 0.839. The molecule has 116 valence electrons. The van der Waals surface area contributed by atoms with Gasteiger partial charge in [-0.25, -0.2) is 0 Å². The van der Waals surface area contributed by atoms with E-state index in [1.807, 2.05) is 12.1 Å². The first kappa shape index (κ1) is 15.9. The Balaban J connectivity index is 2.19. The van der Waals surface area contributed by atoms with Crippen LogP contribution in [0.25, 0.3) is 0 Å². The summed E-state index contributed by atoms with van der Waals surface area (Å²) in [5, 5.41) is 9.48. The molecule has 1 aliphatic heterocycles. The zero-order valence-electron chi connectivity index (χ0n) is 12.3. The second-order valence-electron chi connectivity index (χ2n) is 5.08. The molecule has 0 aromatic heterocycles. The predicted octanol–water partition coefficient (Wildman–Crippen LogP) is 1.58. The Bertz CT molecular complexity index is 521. The summed E-state index contributed by atoms with van der Waals surface area (Å²) in [6.45, 7) is 3.00. The second-order valence-corrected chi connectivity index (χ2v) is 5.39. The average Bonchev–Trinajstić information content (AvgIpc) is 2.50. The number of benzene rings is 1. The summed E-state index contributed by atoms with van der Waals surface area (Å²) in [5.74, 6) is 1.39. The van der Waals surface area contributed by atoms with Crippen molar-refractivity contribution >= 4 is 17.5 Å². The van der Waals surface area contributed by atoms with E-state index in [2.05, 4.69) is 0 Å². The van der Waals surface area contributed by atoms with Crippen LogP contribution < -0.4 is 9.47 Å². The van der Waals surface area contributed by atoms with Crippen LogP contribution in [-0.4, -0.2) is 48.2 Å². The average molecular weight is 314 g/mol. The molecule has 1 aliphatic rings. The topological polar surface area (TPSA) is 59.0 Å². The van der Waals surface area contributed by atoms with Gasteiger partial charge in [0.25, 0.3) is 0 Å². The Labute approximate surface area is 129 Å². The van der Waals surface area contributed by atoms with Gasteiger partial charge in [0.2, 0.25) is 5.91 Å². The molecule has 6 heteroatoms. The Morgan fingerprint density at radius 1 is 1.43 bits per heavy atom. The molecule has 0 saturated carbocycles. The lowest BCUT2D eigenvalue weighted by molar-refractivity contribution is -0.129. The summed E-state index contributed by atoms with van der Waals surface area (Å²) in [7, 11) is 1.57. The number of aliphatic hydroxyl groups excluding tert-OH is 1. The van der Waals surface area contributed by atoms with Crippen LogP contribution >= 0.6 is 11.6 Å². The van der Waals surface area contributed by atoms with E-state index in [0.29, 0.717) is 24.6 Å². The fraction of sp³-hybridized carbons (Fsp3) is 0.533. The first-order valence-electron chi connectivity index (χ1n) is 6.87. The van der Waals surface area contributed by atoms with Gasteiger partial charge in [0.1, 0.15) is 12.7 Å². The summed E-state index contributed by atoms with van der Waals surface area (Å²) in [5.41, 5.74) is 2.21. The van der Waals surface area contributed by atoms with Gasteiger partial charge in [0, 0.05) is 20.0 Å². The standard InChI is InChI=1S/C15H20ClNO4/c1-10(18)17-4-3-11-5-15(21-9-13(19)7-16)14(20-2)6-12(11)8-17/h5-6,13,19H,3-4,7-9H2,1-2H3. The number of halogens is 1. The van der Waals surface area contributed by atoms with Gasteiger partial charge >= 0.3 is 0 Å². The van der Waals surface area contributed by atoms with E-state index in [0.717, 1.165) is 17.5 Å².